The van der Waals surface area contributed by atoms with Crippen LogP contribution in [0.2, 0.25) is 0 Å². The van der Waals surface area contributed by atoms with Gasteiger partial charge in [0.25, 0.3) is 0 Å². The molecule has 0 aromatic carbocycles. The Bertz CT molecular complexity index is 446. The van der Waals surface area contributed by atoms with E-state index >= 15 is 0 Å². The fraction of sp³-hybridized carbons (Fsp3) is 0.923. The standard InChI is InChI=1S/C13H18F2O6S/c14-13(15,22-21-20-18)7-19-10(16)11-2-8-1-9(3-11)5-12(17,4-8)6-11/h8-9,17-18H,1-7H2. The molecule has 0 saturated heterocycles. The van der Waals surface area contributed by atoms with Crippen molar-refractivity contribution in [2.24, 2.45) is 17.3 Å². The highest BCUT2D eigenvalue weighted by molar-refractivity contribution is 7.95. The fourth-order valence-corrected chi connectivity index (χ4v) is 5.08. The van der Waals surface area contributed by atoms with Crippen molar-refractivity contribution in [3.05, 3.63) is 0 Å². The lowest BCUT2D eigenvalue weighted by atomic mass is 9.48. The van der Waals surface area contributed by atoms with Crippen LogP contribution in [0.25, 0.3) is 0 Å². The number of esters is 1. The summed E-state index contributed by atoms with van der Waals surface area (Å²) in [4.78, 5) is 12.4. The molecule has 4 aliphatic rings. The maximum absolute atomic E-state index is 13.3. The lowest BCUT2D eigenvalue weighted by molar-refractivity contribution is -0.433. The van der Waals surface area contributed by atoms with Gasteiger partial charge in [0.05, 0.1) is 11.0 Å². The van der Waals surface area contributed by atoms with Crippen LogP contribution in [0.4, 0.5) is 8.78 Å². The average Bonchev–Trinajstić information content (AvgIpc) is 2.40. The summed E-state index contributed by atoms with van der Waals surface area (Å²) in [5, 5.41) is 18.0. The topological polar surface area (TPSA) is 85.2 Å². The number of ether oxygens (including phenoxy) is 1. The van der Waals surface area contributed by atoms with Gasteiger partial charge in [-0.3, -0.25) is 4.79 Å². The average molecular weight is 340 g/mol. The molecule has 0 spiro atoms. The Kier molecular flexibility index (Phi) is 4.14. The molecule has 0 radical (unpaired) electrons. The fourth-order valence-electron chi connectivity index (χ4n) is 4.84. The zero-order valence-corrected chi connectivity index (χ0v) is 12.6. The molecular weight excluding hydrogens is 322 g/mol. The van der Waals surface area contributed by atoms with E-state index in [-0.39, 0.29) is 11.8 Å². The predicted molar refractivity (Wildman–Crippen MR) is 70.4 cm³/mol. The summed E-state index contributed by atoms with van der Waals surface area (Å²) in [6.45, 7) is -1.17. The van der Waals surface area contributed by atoms with Crippen molar-refractivity contribution in [1.29, 1.82) is 0 Å². The Hall–Kier alpha value is -0.480. The maximum atomic E-state index is 13.3. The molecule has 4 aliphatic carbocycles. The van der Waals surface area contributed by atoms with Gasteiger partial charge < -0.3 is 9.84 Å². The second-order valence-corrected chi connectivity index (χ2v) is 7.81. The minimum atomic E-state index is -3.53. The molecule has 4 saturated carbocycles. The smallest absolute Gasteiger partial charge is 0.354 e. The third kappa shape index (κ3) is 3.09. The molecule has 6 nitrogen and oxygen atoms in total. The zero-order chi connectivity index (χ0) is 16.0. The van der Waals surface area contributed by atoms with Gasteiger partial charge in [-0.05, 0) is 50.4 Å². The molecule has 0 amide bonds. The molecule has 4 rings (SSSR count). The van der Waals surface area contributed by atoms with E-state index < -0.39 is 40.9 Å². The van der Waals surface area contributed by atoms with Crippen LogP contribution in [0.3, 0.4) is 0 Å². The summed E-state index contributed by atoms with van der Waals surface area (Å²) in [7, 11) is 0. The summed E-state index contributed by atoms with van der Waals surface area (Å²) in [5.74, 6) is -0.148. The minimum absolute atomic E-state index is 0.264. The first kappa shape index (κ1) is 16.4. The number of aliphatic hydroxyl groups is 1. The Morgan fingerprint density at radius 1 is 1.27 bits per heavy atom. The lowest BCUT2D eigenvalue weighted by Crippen LogP contribution is -2.58. The Labute approximate surface area is 130 Å². The molecule has 0 heterocycles. The Balaban J connectivity index is 1.63. The van der Waals surface area contributed by atoms with Crippen LogP contribution in [0.5, 0.6) is 0 Å². The summed E-state index contributed by atoms with van der Waals surface area (Å²) in [5.41, 5.74) is -1.69. The molecule has 126 valence electrons. The summed E-state index contributed by atoms with van der Waals surface area (Å²) in [6, 6.07) is 0. The first-order valence-electron chi connectivity index (χ1n) is 7.19. The zero-order valence-electron chi connectivity index (χ0n) is 11.8. The summed E-state index contributed by atoms with van der Waals surface area (Å²) < 4.78 is 35.2. The van der Waals surface area contributed by atoms with Crippen molar-refractivity contribution in [2.45, 2.75) is 49.4 Å². The normalized spacial score (nSPS) is 40.0. The van der Waals surface area contributed by atoms with Gasteiger partial charge in [-0.2, -0.15) is 8.78 Å². The molecule has 22 heavy (non-hydrogen) atoms. The second-order valence-electron chi connectivity index (χ2n) is 6.91. The van der Waals surface area contributed by atoms with Gasteiger partial charge in [0.1, 0.15) is 12.0 Å². The van der Waals surface area contributed by atoms with E-state index in [9.17, 15) is 18.7 Å². The largest absolute Gasteiger partial charge is 0.458 e. The number of hydrogen-bond acceptors (Lipinski definition) is 7. The molecule has 4 bridgehead atoms. The number of hydrogen-bond donors (Lipinski definition) is 2. The van der Waals surface area contributed by atoms with E-state index in [1.54, 1.807) is 0 Å². The van der Waals surface area contributed by atoms with Crippen LogP contribution in [0.15, 0.2) is 0 Å². The van der Waals surface area contributed by atoms with E-state index in [2.05, 4.69) is 9.37 Å². The van der Waals surface area contributed by atoms with Gasteiger partial charge in [-0.25, -0.2) is 5.26 Å². The van der Waals surface area contributed by atoms with E-state index in [0.717, 1.165) is 6.42 Å². The van der Waals surface area contributed by atoms with Crippen molar-refractivity contribution < 1.29 is 38.0 Å². The van der Waals surface area contributed by atoms with Gasteiger partial charge in [0, 0.05) is 0 Å². The number of alkyl halides is 2. The van der Waals surface area contributed by atoms with Crippen LogP contribution >= 0.6 is 12.0 Å². The van der Waals surface area contributed by atoms with Crippen LogP contribution < -0.4 is 0 Å². The van der Waals surface area contributed by atoms with Gasteiger partial charge in [0.2, 0.25) is 0 Å². The van der Waals surface area contributed by atoms with Crippen LogP contribution in [0.1, 0.15) is 38.5 Å². The van der Waals surface area contributed by atoms with E-state index in [1.807, 2.05) is 0 Å². The molecule has 2 atom stereocenters. The highest BCUT2D eigenvalue weighted by Gasteiger charge is 2.61. The quantitative estimate of drug-likeness (QED) is 0.333. The van der Waals surface area contributed by atoms with Gasteiger partial charge >= 0.3 is 11.2 Å². The van der Waals surface area contributed by atoms with Crippen molar-refractivity contribution >= 4 is 18.0 Å². The Morgan fingerprint density at radius 3 is 2.45 bits per heavy atom. The molecule has 9 heteroatoms. The van der Waals surface area contributed by atoms with Crippen molar-refractivity contribution in [3.8, 4) is 0 Å². The van der Waals surface area contributed by atoms with Gasteiger partial charge in [0.15, 0.2) is 6.61 Å². The molecule has 2 N–H and O–H groups in total. The SMILES string of the molecule is O=C(OCC(F)(F)SOOO)C12CC3CC(CC(O)(C3)C1)C2. The summed E-state index contributed by atoms with van der Waals surface area (Å²) in [6.07, 6.45) is 3.85. The second kappa shape index (κ2) is 5.55. The molecule has 0 aliphatic heterocycles. The van der Waals surface area contributed by atoms with Crippen LogP contribution in [-0.2, 0) is 18.9 Å². The molecule has 0 aromatic rings. The van der Waals surface area contributed by atoms with Crippen molar-refractivity contribution in [2.75, 3.05) is 6.61 Å². The molecule has 2 unspecified atom stereocenters. The number of rotatable bonds is 6. The lowest BCUT2D eigenvalue weighted by Gasteiger charge is -2.58. The Morgan fingerprint density at radius 2 is 1.91 bits per heavy atom. The highest BCUT2D eigenvalue weighted by atomic mass is 32.2. The number of carbonyl (C=O) groups excluding carboxylic acids is 1. The number of carbonyl (C=O) groups is 1. The maximum Gasteiger partial charge on any atom is 0.354 e. The minimum Gasteiger partial charge on any atom is -0.458 e. The molecular formula is C13H18F2O6S. The van der Waals surface area contributed by atoms with E-state index in [4.69, 9.17) is 9.99 Å². The van der Waals surface area contributed by atoms with E-state index in [1.165, 1.54) is 0 Å². The van der Waals surface area contributed by atoms with Crippen LogP contribution in [-0.4, -0.2) is 33.8 Å². The monoisotopic (exact) mass is 340 g/mol. The third-order valence-electron chi connectivity index (χ3n) is 5.02. The first-order valence-corrected chi connectivity index (χ1v) is 7.93. The third-order valence-corrected chi connectivity index (χ3v) is 5.51. The van der Waals surface area contributed by atoms with E-state index in [0.29, 0.717) is 32.1 Å². The number of halogens is 2. The molecule has 4 fully saturated rings. The summed E-state index contributed by atoms with van der Waals surface area (Å²) >= 11 is -0.435. The highest BCUT2D eigenvalue weighted by Crippen LogP contribution is 2.62. The van der Waals surface area contributed by atoms with Crippen molar-refractivity contribution in [1.82, 2.24) is 0 Å². The van der Waals surface area contributed by atoms with Gasteiger partial charge in [-0.15, -0.1) is 4.33 Å². The van der Waals surface area contributed by atoms with Gasteiger partial charge in [-0.1, -0.05) is 5.04 Å². The van der Waals surface area contributed by atoms with Crippen molar-refractivity contribution in [3.63, 3.8) is 0 Å². The molecule has 0 aromatic heterocycles. The van der Waals surface area contributed by atoms with Crippen LogP contribution in [0, 0.1) is 17.3 Å². The predicted octanol–water partition coefficient (Wildman–Crippen LogP) is 2.52. The first-order chi connectivity index (χ1) is 10.3.